The molecule has 5 nitrogen and oxygen atoms in total. The van der Waals surface area contributed by atoms with Gasteiger partial charge in [0.05, 0.1) is 0 Å². The van der Waals surface area contributed by atoms with Gasteiger partial charge in [0.15, 0.2) is 0 Å². The van der Waals surface area contributed by atoms with Gasteiger partial charge in [0.1, 0.15) is 12.4 Å². The SMILES string of the molecule is CN(C)S(=O)(=O)NCCOc1cccc2ccccc12. The van der Waals surface area contributed by atoms with Gasteiger partial charge in [-0.25, -0.2) is 0 Å². The van der Waals surface area contributed by atoms with Crippen molar-refractivity contribution in [3.63, 3.8) is 0 Å². The Bertz CT molecular complexity index is 678. The van der Waals surface area contributed by atoms with Crippen LogP contribution in [-0.2, 0) is 10.2 Å². The zero-order valence-electron chi connectivity index (χ0n) is 11.5. The Morgan fingerprint density at radius 1 is 1.10 bits per heavy atom. The molecule has 2 rings (SSSR count). The average molecular weight is 294 g/mol. The van der Waals surface area contributed by atoms with Crippen molar-refractivity contribution in [2.24, 2.45) is 0 Å². The predicted octanol–water partition coefficient (Wildman–Crippen LogP) is 1.61. The Hall–Kier alpha value is -1.63. The molecule has 0 aromatic heterocycles. The Morgan fingerprint density at radius 2 is 1.80 bits per heavy atom. The summed E-state index contributed by atoms with van der Waals surface area (Å²) < 4.78 is 32.3. The van der Waals surface area contributed by atoms with Crippen molar-refractivity contribution >= 4 is 21.0 Å². The van der Waals surface area contributed by atoms with Gasteiger partial charge in [-0.1, -0.05) is 36.4 Å². The van der Waals surface area contributed by atoms with Crippen LogP contribution in [0.5, 0.6) is 5.75 Å². The van der Waals surface area contributed by atoms with Gasteiger partial charge in [0, 0.05) is 26.0 Å². The smallest absolute Gasteiger partial charge is 0.279 e. The van der Waals surface area contributed by atoms with Crippen molar-refractivity contribution in [1.82, 2.24) is 9.03 Å². The maximum atomic E-state index is 11.5. The van der Waals surface area contributed by atoms with Crippen LogP contribution in [0.1, 0.15) is 0 Å². The summed E-state index contributed by atoms with van der Waals surface area (Å²) in [7, 11) is -0.432. The van der Waals surface area contributed by atoms with E-state index in [-0.39, 0.29) is 13.2 Å². The number of nitrogens with one attached hydrogen (secondary N) is 1. The minimum atomic E-state index is -3.39. The van der Waals surface area contributed by atoms with Crippen LogP contribution in [0.2, 0.25) is 0 Å². The lowest BCUT2D eigenvalue weighted by Crippen LogP contribution is -2.37. The van der Waals surface area contributed by atoms with Gasteiger partial charge in [-0.2, -0.15) is 17.4 Å². The first kappa shape index (κ1) is 14.8. The number of hydrogen-bond acceptors (Lipinski definition) is 3. The Morgan fingerprint density at radius 3 is 2.55 bits per heavy atom. The summed E-state index contributed by atoms with van der Waals surface area (Å²) >= 11 is 0. The number of ether oxygens (including phenoxy) is 1. The highest BCUT2D eigenvalue weighted by Gasteiger charge is 2.11. The van der Waals surface area contributed by atoms with Crippen molar-refractivity contribution in [3.8, 4) is 5.75 Å². The number of hydrogen-bond donors (Lipinski definition) is 1. The zero-order chi connectivity index (χ0) is 14.6. The molecule has 2 aromatic rings. The van der Waals surface area contributed by atoms with Crippen molar-refractivity contribution in [2.45, 2.75) is 0 Å². The van der Waals surface area contributed by atoms with E-state index in [1.165, 1.54) is 14.1 Å². The zero-order valence-corrected chi connectivity index (χ0v) is 12.4. The fraction of sp³-hybridized carbons (Fsp3) is 0.286. The Kier molecular flexibility index (Phi) is 4.59. The van der Waals surface area contributed by atoms with Gasteiger partial charge in [-0.05, 0) is 11.5 Å². The highest BCUT2D eigenvalue weighted by Crippen LogP contribution is 2.24. The van der Waals surface area contributed by atoms with Gasteiger partial charge in [-0.15, -0.1) is 0 Å². The minimum absolute atomic E-state index is 0.226. The van der Waals surface area contributed by atoms with E-state index in [2.05, 4.69) is 4.72 Å². The summed E-state index contributed by atoms with van der Waals surface area (Å²) in [5.74, 6) is 0.757. The fourth-order valence-corrected chi connectivity index (χ4v) is 2.38. The lowest BCUT2D eigenvalue weighted by Gasteiger charge is -2.13. The topological polar surface area (TPSA) is 58.6 Å². The summed E-state index contributed by atoms with van der Waals surface area (Å²) in [5, 5.41) is 2.12. The van der Waals surface area contributed by atoms with E-state index in [4.69, 9.17) is 4.74 Å². The molecule has 108 valence electrons. The van der Waals surface area contributed by atoms with E-state index in [0.717, 1.165) is 20.8 Å². The first-order chi connectivity index (χ1) is 9.50. The van der Waals surface area contributed by atoms with Gasteiger partial charge in [0.2, 0.25) is 0 Å². The second kappa shape index (κ2) is 6.21. The third kappa shape index (κ3) is 3.47. The number of nitrogens with zero attached hydrogens (tertiary/aromatic N) is 1. The Balaban J connectivity index is 1.97. The lowest BCUT2D eigenvalue weighted by atomic mass is 10.1. The maximum Gasteiger partial charge on any atom is 0.279 e. The third-order valence-corrected chi connectivity index (χ3v) is 4.40. The molecule has 0 aliphatic heterocycles. The highest BCUT2D eigenvalue weighted by molar-refractivity contribution is 7.87. The largest absolute Gasteiger partial charge is 0.492 e. The molecule has 0 atom stereocenters. The first-order valence-electron chi connectivity index (χ1n) is 6.28. The normalized spacial score (nSPS) is 11.9. The van der Waals surface area contributed by atoms with E-state index in [9.17, 15) is 8.42 Å². The lowest BCUT2D eigenvalue weighted by molar-refractivity contribution is 0.325. The molecule has 0 aliphatic rings. The molecule has 0 unspecified atom stereocenters. The summed E-state index contributed by atoms with van der Waals surface area (Å²) in [5.41, 5.74) is 0. The average Bonchev–Trinajstić information content (AvgIpc) is 2.43. The molecule has 0 spiro atoms. The molecule has 0 radical (unpaired) electrons. The molecule has 0 saturated carbocycles. The molecule has 0 fully saturated rings. The van der Waals surface area contributed by atoms with Crippen LogP contribution in [0.4, 0.5) is 0 Å². The molecule has 20 heavy (non-hydrogen) atoms. The number of benzene rings is 2. The third-order valence-electron chi connectivity index (χ3n) is 2.87. The van der Waals surface area contributed by atoms with Crippen molar-refractivity contribution in [2.75, 3.05) is 27.2 Å². The van der Waals surface area contributed by atoms with Crippen LogP contribution in [0.3, 0.4) is 0 Å². The van der Waals surface area contributed by atoms with Crippen LogP contribution in [0.25, 0.3) is 10.8 Å². The first-order valence-corrected chi connectivity index (χ1v) is 7.72. The van der Waals surface area contributed by atoms with Crippen molar-refractivity contribution in [1.29, 1.82) is 0 Å². The van der Waals surface area contributed by atoms with Crippen molar-refractivity contribution < 1.29 is 13.2 Å². The van der Waals surface area contributed by atoms with Crippen LogP contribution >= 0.6 is 0 Å². The molecule has 0 bridgehead atoms. The van der Waals surface area contributed by atoms with Gasteiger partial charge in [-0.3, -0.25) is 0 Å². The van der Waals surface area contributed by atoms with Crippen molar-refractivity contribution in [3.05, 3.63) is 42.5 Å². The van der Waals surface area contributed by atoms with Gasteiger partial charge in [0.25, 0.3) is 10.2 Å². The second-order valence-electron chi connectivity index (χ2n) is 4.51. The van der Waals surface area contributed by atoms with E-state index in [1.54, 1.807) is 0 Å². The molecular formula is C14H18N2O3S. The maximum absolute atomic E-state index is 11.5. The van der Waals surface area contributed by atoms with E-state index in [0.29, 0.717) is 0 Å². The molecule has 0 aliphatic carbocycles. The standard InChI is InChI=1S/C14H18N2O3S/c1-16(2)20(17,18)15-10-11-19-14-9-5-7-12-6-3-4-8-13(12)14/h3-9,15H,10-11H2,1-2H3. The van der Waals surface area contributed by atoms with Gasteiger partial charge < -0.3 is 4.74 Å². The number of fused-ring (bicyclic) bond motifs is 1. The quantitative estimate of drug-likeness (QED) is 0.824. The van der Waals surface area contributed by atoms with Gasteiger partial charge >= 0.3 is 0 Å². The molecule has 6 heteroatoms. The summed E-state index contributed by atoms with van der Waals surface area (Å²) in [6.07, 6.45) is 0. The predicted molar refractivity (Wildman–Crippen MR) is 80.1 cm³/mol. The molecule has 0 heterocycles. The molecule has 2 aromatic carbocycles. The second-order valence-corrected chi connectivity index (χ2v) is 6.48. The molecule has 0 amide bonds. The summed E-state index contributed by atoms with van der Waals surface area (Å²) in [6.45, 7) is 0.505. The minimum Gasteiger partial charge on any atom is -0.492 e. The van der Waals surface area contributed by atoms with Crippen LogP contribution < -0.4 is 9.46 Å². The molecular weight excluding hydrogens is 276 g/mol. The fourth-order valence-electron chi connectivity index (χ4n) is 1.78. The Labute approximate surface area is 119 Å². The summed E-state index contributed by atoms with van der Waals surface area (Å²) in [6, 6.07) is 13.7. The van der Waals surface area contributed by atoms with Crippen LogP contribution in [0.15, 0.2) is 42.5 Å². The van der Waals surface area contributed by atoms with E-state index < -0.39 is 10.2 Å². The van der Waals surface area contributed by atoms with Crippen LogP contribution in [-0.4, -0.2) is 40.0 Å². The van der Waals surface area contributed by atoms with E-state index >= 15 is 0 Å². The van der Waals surface area contributed by atoms with E-state index in [1.807, 2.05) is 42.5 Å². The molecule has 0 saturated heterocycles. The highest BCUT2D eigenvalue weighted by atomic mass is 32.2. The monoisotopic (exact) mass is 294 g/mol. The number of rotatable bonds is 6. The van der Waals surface area contributed by atoms with Crippen LogP contribution in [0, 0.1) is 0 Å². The summed E-state index contributed by atoms with van der Waals surface area (Å²) in [4.78, 5) is 0. The molecule has 1 N–H and O–H groups in total.